The van der Waals surface area contributed by atoms with Gasteiger partial charge in [-0.15, -0.1) is 0 Å². The molecule has 10 heteroatoms. The number of quaternary nitrogens is 1. The summed E-state index contributed by atoms with van der Waals surface area (Å²) in [6, 6.07) is -0.560. The molecular weight excluding hydrogens is 661 g/mol. The van der Waals surface area contributed by atoms with Crippen LogP contribution in [-0.4, -0.2) is 75.2 Å². The summed E-state index contributed by atoms with van der Waals surface area (Å²) in [6.07, 6.45) is 33.6. The number of rotatable bonds is 40. The summed E-state index contributed by atoms with van der Waals surface area (Å²) in [5.74, 6) is -0.0577. The van der Waals surface area contributed by atoms with Crippen molar-refractivity contribution < 1.29 is 32.9 Å². The Bertz CT molecular complexity index is 813. The molecule has 0 radical (unpaired) electrons. The number of aliphatic hydroxyl groups excluding tert-OH is 1. The second kappa shape index (κ2) is 35.2. The average molecular weight is 748 g/mol. The van der Waals surface area contributed by atoms with Crippen LogP contribution < -0.4 is 15.5 Å². The molecule has 1 amide bonds. The van der Waals surface area contributed by atoms with E-state index in [1.54, 1.807) is 0 Å². The number of phosphoric ester groups is 1. The Kier molecular flexibility index (Phi) is 34.8. The summed E-state index contributed by atoms with van der Waals surface area (Å²) in [4.78, 5) is 25.1. The summed E-state index contributed by atoms with van der Waals surface area (Å²) in [7, 11) is 1.62. The van der Waals surface area contributed by atoms with Gasteiger partial charge in [-0.05, 0) is 19.3 Å². The lowest BCUT2D eigenvalue weighted by atomic mass is 10.0. The van der Waals surface area contributed by atoms with Crippen LogP contribution in [0.1, 0.15) is 200 Å². The molecule has 0 saturated heterocycles. The number of nitrogens with one attached hydrogen (secondary N) is 2. The van der Waals surface area contributed by atoms with E-state index >= 15 is 0 Å². The number of phosphoric acid groups is 1. The molecule has 0 fully saturated rings. The zero-order valence-electron chi connectivity index (χ0n) is 34.4. The topological polar surface area (TPSA) is 120 Å². The molecule has 0 aromatic rings. The fourth-order valence-corrected chi connectivity index (χ4v) is 7.23. The quantitative estimate of drug-likeness (QED) is 0.0247. The Labute approximate surface area is 316 Å². The van der Waals surface area contributed by atoms with E-state index in [-0.39, 0.29) is 25.7 Å². The molecule has 3 atom stereocenters. The van der Waals surface area contributed by atoms with Crippen molar-refractivity contribution in [2.45, 2.75) is 212 Å². The predicted octanol–water partition coefficient (Wildman–Crippen LogP) is 9.94. The predicted molar refractivity (Wildman–Crippen MR) is 214 cm³/mol. The van der Waals surface area contributed by atoms with E-state index in [0.29, 0.717) is 19.3 Å². The molecule has 0 bridgehead atoms. The lowest BCUT2D eigenvalue weighted by Crippen LogP contribution is -2.48. The van der Waals surface area contributed by atoms with Crippen molar-refractivity contribution in [3.63, 3.8) is 0 Å². The van der Waals surface area contributed by atoms with Gasteiger partial charge in [0, 0.05) is 19.4 Å². The smallest absolute Gasteiger partial charge is 0.267 e. The lowest BCUT2D eigenvalue weighted by Gasteiger charge is -2.28. The Morgan fingerprint density at radius 2 is 1.06 bits per heavy atom. The molecule has 3 N–H and O–H groups in total. The van der Waals surface area contributed by atoms with Gasteiger partial charge in [0.05, 0.1) is 46.9 Å². The number of hydrogen-bond acceptors (Lipinski definition) is 7. The van der Waals surface area contributed by atoms with E-state index in [9.17, 15) is 19.4 Å². The van der Waals surface area contributed by atoms with E-state index in [4.69, 9.17) is 9.05 Å². The van der Waals surface area contributed by atoms with Crippen molar-refractivity contribution in [2.24, 2.45) is 0 Å². The molecule has 0 aliphatic carbocycles. The highest BCUT2D eigenvalue weighted by atomic mass is 31.2. The van der Waals surface area contributed by atoms with Gasteiger partial charge in [0.15, 0.2) is 0 Å². The van der Waals surface area contributed by atoms with E-state index < -0.39 is 20.1 Å². The molecule has 0 rings (SSSR count). The first kappa shape index (κ1) is 50.5. The van der Waals surface area contributed by atoms with Gasteiger partial charge in [-0.3, -0.25) is 14.7 Å². The van der Waals surface area contributed by atoms with E-state index in [2.05, 4.69) is 24.5 Å². The van der Waals surface area contributed by atoms with Crippen LogP contribution >= 0.6 is 7.82 Å². The SMILES string of the molecule is CCCCCCCCCCCCCCCC(=O)NCC(COP(=O)([O-])OCCC[N+](C)(C)C)NC(O)CCCCCCCCCCCCCCC. The van der Waals surface area contributed by atoms with E-state index in [1.165, 1.54) is 128 Å². The number of carbonyl (C=O) groups is 1. The summed E-state index contributed by atoms with van der Waals surface area (Å²) in [6.45, 7) is 5.32. The Morgan fingerprint density at radius 1 is 0.647 bits per heavy atom. The molecule has 9 nitrogen and oxygen atoms in total. The molecule has 0 aromatic carbocycles. The summed E-state index contributed by atoms with van der Waals surface area (Å²) in [5, 5.41) is 16.7. The molecule has 0 aliphatic heterocycles. The standard InChI is InChI=1S/C41H86N3O6P/c1-6-8-10-12-14-16-18-20-22-24-26-28-30-33-40(45)42-37-39(38-50-51(47,48)49-36-32-35-44(3,4)5)43-41(46)34-31-29-27-25-23-21-19-17-15-13-11-9-7-2/h39,41,43,46H,6-38H2,1-5H3,(H-,42,45,47,48). The third-order valence-electron chi connectivity index (χ3n) is 9.72. The normalized spacial score (nSPS) is 14.4. The van der Waals surface area contributed by atoms with Gasteiger partial charge < -0.3 is 28.8 Å². The van der Waals surface area contributed by atoms with Gasteiger partial charge in [-0.25, -0.2) is 0 Å². The number of nitrogens with zero attached hydrogens (tertiary/aromatic N) is 1. The first-order valence-corrected chi connectivity index (χ1v) is 23.1. The number of aliphatic hydroxyl groups is 1. The van der Waals surface area contributed by atoms with Crippen LogP contribution in [0.3, 0.4) is 0 Å². The minimum Gasteiger partial charge on any atom is -0.756 e. The van der Waals surface area contributed by atoms with Crippen LogP contribution in [0.25, 0.3) is 0 Å². The van der Waals surface area contributed by atoms with Crippen molar-refractivity contribution in [1.29, 1.82) is 0 Å². The maximum absolute atomic E-state index is 12.6. The molecule has 0 aromatic heterocycles. The highest BCUT2D eigenvalue weighted by molar-refractivity contribution is 7.45. The van der Waals surface area contributed by atoms with Crippen molar-refractivity contribution in [1.82, 2.24) is 10.6 Å². The van der Waals surface area contributed by atoms with E-state index in [0.717, 1.165) is 49.6 Å². The molecule has 0 saturated carbocycles. The maximum Gasteiger partial charge on any atom is 0.267 e. The molecule has 306 valence electrons. The highest BCUT2D eigenvalue weighted by Gasteiger charge is 2.19. The molecule has 0 aliphatic rings. The number of amides is 1. The second-order valence-corrected chi connectivity index (χ2v) is 17.6. The third kappa shape index (κ3) is 39.0. The van der Waals surface area contributed by atoms with Gasteiger partial charge in [-0.2, -0.15) is 0 Å². The summed E-state index contributed by atoms with van der Waals surface area (Å²) >= 11 is 0. The fourth-order valence-electron chi connectivity index (χ4n) is 6.44. The monoisotopic (exact) mass is 748 g/mol. The third-order valence-corrected chi connectivity index (χ3v) is 10.7. The number of unbranched alkanes of at least 4 members (excludes halogenated alkanes) is 24. The van der Waals surface area contributed by atoms with Crippen molar-refractivity contribution >= 4 is 13.7 Å². The molecule has 0 spiro atoms. The zero-order chi connectivity index (χ0) is 37.9. The Balaban J connectivity index is 4.39. The Morgan fingerprint density at radius 3 is 1.49 bits per heavy atom. The van der Waals surface area contributed by atoms with Gasteiger partial charge in [0.2, 0.25) is 5.91 Å². The van der Waals surface area contributed by atoms with Gasteiger partial charge in [0.1, 0.15) is 6.23 Å². The summed E-state index contributed by atoms with van der Waals surface area (Å²) < 4.78 is 23.4. The first-order chi connectivity index (χ1) is 24.5. The fraction of sp³-hybridized carbons (Fsp3) is 0.976. The van der Waals surface area contributed by atoms with E-state index in [1.807, 2.05) is 21.1 Å². The minimum atomic E-state index is -4.51. The first-order valence-electron chi connectivity index (χ1n) is 21.6. The number of hydrogen-bond donors (Lipinski definition) is 3. The number of carbonyl (C=O) groups excluding carboxylic acids is 1. The van der Waals surface area contributed by atoms with Gasteiger partial charge >= 0.3 is 0 Å². The minimum absolute atomic E-state index is 0.0577. The second-order valence-electron chi connectivity index (χ2n) is 16.2. The average Bonchev–Trinajstić information content (AvgIpc) is 3.08. The Hall–Kier alpha value is -0.540. The molecular formula is C41H86N3O6P. The lowest BCUT2D eigenvalue weighted by molar-refractivity contribution is -0.870. The van der Waals surface area contributed by atoms with Gasteiger partial charge in [0.25, 0.3) is 7.82 Å². The van der Waals surface area contributed by atoms with Crippen LogP contribution in [0.4, 0.5) is 0 Å². The van der Waals surface area contributed by atoms with Crippen LogP contribution in [0.2, 0.25) is 0 Å². The van der Waals surface area contributed by atoms with Crippen LogP contribution in [0, 0.1) is 0 Å². The maximum atomic E-state index is 12.6. The van der Waals surface area contributed by atoms with Crippen molar-refractivity contribution in [2.75, 3.05) is 47.4 Å². The zero-order valence-corrected chi connectivity index (χ0v) is 35.3. The highest BCUT2D eigenvalue weighted by Crippen LogP contribution is 2.38. The summed E-state index contributed by atoms with van der Waals surface area (Å²) in [5.41, 5.74) is 0. The van der Waals surface area contributed by atoms with Crippen molar-refractivity contribution in [3.05, 3.63) is 0 Å². The van der Waals surface area contributed by atoms with Crippen LogP contribution in [0.5, 0.6) is 0 Å². The van der Waals surface area contributed by atoms with Crippen molar-refractivity contribution in [3.8, 4) is 0 Å². The van der Waals surface area contributed by atoms with Gasteiger partial charge in [-0.1, -0.05) is 168 Å². The van der Waals surface area contributed by atoms with Crippen LogP contribution in [-0.2, 0) is 18.4 Å². The van der Waals surface area contributed by atoms with Crippen LogP contribution in [0.15, 0.2) is 0 Å². The molecule has 0 heterocycles. The molecule has 51 heavy (non-hydrogen) atoms. The molecule has 3 unspecified atom stereocenters. The largest absolute Gasteiger partial charge is 0.756 e.